The molecular formula is C24H28N2O5S. The number of carbonyl (C=O) groups excluding carboxylic acids is 2. The van der Waals surface area contributed by atoms with Crippen LogP contribution in [-0.4, -0.2) is 36.3 Å². The number of aryl methyl sites for hydroxylation is 2. The summed E-state index contributed by atoms with van der Waals surface area (Å²) in [4.78, 5) is 30.1. The Kier molecular flexibility index (Phi) is 7.69. The van der Waals surface area contributed by atoms with Crippen molar-refractivity contribution in [2.75, 3.05) is 19.8 Å². The summed E-state index contributed by atoms with van der Waals surface area (Å²) >= 11 is 1.37. The Morgan fingerprint density at radius 1 is 0.938 bits per heavy atom. The number of rotatable bonds is 8. The lowest BCUT2D eigenvalue weighted by atomic mass is 10.1. The fraction of sp³-hybridized carbons (Fsp3) is 0.375. The molecule has 0 spiro atoms. The molecule has 7 nitrogen and oxygen atoms in total. The Morgan fingerprint density at radius 3 is 2.31 bits per heavy atom. The standard InChI is InChI=1S/C24H28N2O5S/c1-6-29-19-10-9-17(13-20(19)30-7-2)23(28)25-24-26(14-22(27)31-8-3)18-11-15(4)16(5)12-21(18)32-24/h9-13H,6-8,14H2,1-5H3. The van der Waals surface area contributed by atoms with Crippen LogP contribution >= 0.6 is 11.3 Å². The van der Waals surface area contributed by atoms with Gasteiger partial charge in [-0.15, -0.1) is 0 Å². The van der Waals surface area contributed by atoms with E-state index in [-0.39, 0.29) is 19.1 Å². The molecule has 0 aliphatic heterocycles. The van der Waals surface area contributed by atoms with E-state index in [1.165, 1.54) is 11.3 Å². The number of hydrogen-bond acceptors (Lipinski definition) is 6. The highest BCUT2D eigenvalue weighted by Gasteiger charge is 2.15. The van der Waals surface area contributed by atoms with Crippen molar-refractivity contribution in [2.45, 2.75) is 41.2 Å². The summed E-state index contributed by atoms with van der Waals surface area (Å²) in [5.74, 6) is 0.277. The van der Waals surface area contributed by atoms with E-state index in [9.17, 15) is 9.59 Å². The molecule has 0 unspecified atom stereocenters. The molecular weight excluding hydrogens is 428 g/mol. The lowest BCUT2D eigenvalue weighted by Gasteiger charge is -2.11. The van der Waals surface area contributed by atoms with Gasteiger partial charge in [0.15, 0.2) is 16.3 Å². The number of benzene rings is 2. The van der Waals surface area contributed by atoms with Gasteiger partial charge in [-0.2, -0.15) is 4.99 Å². The number of amides is 1. The Labute approximate surface area is 191 Å². The molecule has 0 radical (unpaired) electrons. The SMILES string of the molecule is CCOC(=O)Cn1c(=NC(=O)c2ccc(OCC)c(OCC)c2)sc2cc(C)c(C)cc21. The molecule has 0 fully saturated rings. The van der Waals surface area contributed by atoms with Crippen molar-refractivity contribution < 1.29 is 23.8 Å². The van der Waals surface area contributed by atoms with E-state index in [4.69, 9.17) is 14.2 Å². The highest BCUT2D eigenvalue weighted by Crippen LogP contribution is 2.29. The van der Waals surface area contributed by atoms with Crippen molar-refractivity contribution in [2.24, 2.45) is 4.99 Å². The molecule has 0 aliphatic carbocycles. The molecule has 8 heteroatoms. The van der Waals surface area contributed by atoms with Crippen molar-refractivity contribution in [3.05, 3.63) is 51.8 Å². The maximum atomic E-state index is 13.0. The van der Waals surface area contributed by atoms with E-state index < -0.39 is 5.91 Å². The summed E-state index contributed by atoms with van der Waals surface area (Å²) in [7, 11) is 0. The van der Waals surface area contributed by atoms with Crippen LogP contribution in [0.4, 0.5) is 0 Å². The van der Waals surface area contributed by atoms with Gasteiger partial charge in [-0.1, -0.05) is 11.3 Å². The first-order chi connectivity index (χ1) is 15.4. The summed E-state index contributed by atoms with van der Waals surface area (Å²) in [5, 5.41) is 0. The van der Waals surface area contributed by atoms with Gasteiger partial charge in [0.1, 0.15) is 6.54 Å². The lowest BCUT2D eigenvalue weighted by molar-refractivity contribution is -0.143. The molecule has 3 aromatic rings. The first-order valence-electron chi connectivity index (χ1n) is 10.6. The topological polar surface area (TPSA) is 79.1 Å². The van der Waals surface area contributed by atoms with Gasteiger partial charge in [-0.25, -0.2) is 0 Å². The predicted octanol–water partition coefficient (Wildman–Crippen LogP) is 4.42. The van der Waals surface area contributed by atoms with Gasteiger partial charge in [0.05, 0.1) is 30.0 Å². The fourth-order valence-electron chi connectivity index (χ4n) is 3.23. The number of thiazole rings is 1. The van der Waals surface area contributed by atoms with Crippen molar-refractivity contribution in [3.8, 4) is 11.5 Å². The highest BCUT2D eigenvalue weighted by molar-refractivity contribution is 7.16. The molecule has 32 heavy (non-hydrogen) atoms. The third-order valence-electron chi connectivity index (χ3n) is 4.88. The van der Waals surface area contributed by atoms with Crippen LogP contribution in [0.15, 0.2) is 35.3 Å². The smallest absolute Gasteiger partial charge is 0.326 e. The van der Waals surface area contributed by atoms with Crippen LogP contribution in [0.25, 0.3) is 10.2 Å². The van der Waals surface area contributed by atoms with Crippen LogP contribution in [-0.2, 0) is 16.1 Å². The van der Waals surface area contributed by atoms with Gasteiger partial charge in [0.25, 0.3) is 5.91 Å². The second-order valence-corrected chi connectivity index (χ2v) is 8.13. The number of nitrogens with zero attached hydrogens (tertiary/aromatic N) is 2. The summed E-state index contributed by atoms with van der Waals surface area (Å²) in [5.41, 5.74) is 3.45. The Balaban J connectivity index is 2.09. The van der Waals surface area contributed by atoms with E-state index in [0.29, 0.717) is 35.1 Å². The molecule has 0 saturated carbocycles. The molecule has 1 heterocycles. The summed E-state index contributed by atoms with van der Waals surface area (Å²) in [6.07, 6.45) is 0. The molecule has 0 saturated heterocycles. The molecule has 170 valence electrons. The molecule has 1 amide bonds. The number of carbonyl (C=O) groups is 2. The molecule has 0 bridgehead atoms. The number of hydrogen-bond donors (Lipinski definition) is 0. The number of ether oxygens (including phenoxy) is 3. The van der Waals surface area contributed by atoms with E-state index >= 15 is 0 Å². The normalized spacial score (nSPS) is 11.6. The Bertz CT molecular complexity index is 1210. The zero-order valence-corrected chi connectivity index (χ0v) is 19.9. The maximum Gasteiger partial charge on any atom is 0.326 e. The molecule has 0 atom stereocenters. The first kappa shape index (κ1) is 23.5. The van der Waals surface area contributed by atoms with E-state index in [2.05, 4.69) is 4.99 Å². The van der Waals surface area contributed by atoms with Crippen molar-refractivity contribution >= 4 is 33.4 Å². The fourth-order valence-corrected chi connectivity index (χ4v) is 4.34. The largest absolute Gasteiger partial charge is 0.490 e. The average molecular weight is 457 g/mol. The van der Waals surface area contributed by atoms with Gasteiger partial charge in [-0.05, 0) is 76.1 Å². The maximum absolute atomic E-state index is 13.0. The van der Waals surface area contributed by atoms with Crippen molar-refractivity contribution in [1.29, 1.82) is 0 Å². The summed E-state index contributed by atoms with van der Waals surface area (Å²) in [6.45, 7) is 10.8. The van der Waals surface area contributed by atoms with Crippen LogP contribution in [0.2, 0.25) is 0 Å². The Morgan fingerprint density at radius 2 is 1.62 bits per heavy atom. The zero-order valence-electron chi connectivity index (χ0n) is 19.1. The van der Waals surface area contributed by atoms with Crippen LogP contribution in [0.1, 0.15) is 42.3 Å². The monoisotopic (exact) mass is 456 g/mol. The Hall–Kier alpha value is -3.13. The quantitative estimate of drug-likeness (QED) is 0.469. The van der Waals surface area contributed by atoms with Gasteiger partial charge >= 0.3 is 5.97 Å². The minimum absolute atomic E-state index is 0.0179. The van der Waals surface area contributed by atoms with Crippen LogP contribution in [0, 0.1) is 13.8 Å². The van der Waals surface area contributed by atoms with E-state index in [0.717, 1.165) is 21.3 Å². The molecule has 1 aromatic heterocycles. The summed E-state index contributed by atoms with van der Waals surface area (Å²) in [6, 6.07) is 9.06. The molecule has 2 aromatic carbocycles. The van der Waals surface area contributed by atoms with Crippen molar-refractivity contribution in [3.63, 3.8) is 0 Å². The minimum atomic E-state index is -0.424. The van der Waals surface area contributed by atoms with Gasteiger partial charge in [-0.3, -0.25) is 9.59 Å². The molecule has 3 rings (SSSR count). The predicted molar refractivity (Wildman–Crippen MR) is 125 cm³/mol. The first-order valence-corrected chi connectivity index (χ1v) is 11.4. The summed E-state index contributed by atoms with van der Waals surface area (Å²) < 4.78 is 19.0. The van der Waals surface area contributed by atoms with Crippen LogP contribution in [0.3, 0.4) is 0 Å². The number of fused-ring (bicyclic) bond motifs is 1. The average Bonchev–Trinajstić information content (AvgIpc) is 3.06. The van der Waals surface area contributed by atoms with E-state index in [1.54, 1.807) is 29.7 Å². The van der Waals surface area contributed by atoms with Crippen LogP contribution in [0.5, 0.6) is 11.5 Å². The lowest BCUT2D eigenvalue weighted by Crippen LogP contribution is -2.23. The van der Waals surface area contributed by atoms with Crippen molar-refractivity contribution in [1.82, 2.24) is 4.57 Å². The van der Waals surface area contributed by atoms with Gasteiger partial charge in [0, 0.05) is 5.56 Å². The highest BCUT2D eigenvalue weighted by atomic mass is 32.1. The number of esters is 1. The second-order valence-electron chi connectivity index (χ2n) is 7.12. The number of aromatic nitrogens is 1. The second kappa shape index (κ2) is 10.5. The van der Waals surface area contributed by atoms with Crippen LogP contribution < -0.4 is 14.3 Å². The van der Waals surface area contributed by atoms with Gasteiger partial charge in [0.2, 0.25) is 0 Å². The van der Waals surface area contributed by atoms with Gasteiger partial charge < -0.3 is 18.8 Å². The molecule has 0 aliphatic rings. The molecule has 0 N–H and O–H groups in total. The van der Waals surface area contributed by atoms with E-state index in [1.807, 2.05) is 39.8 Å². The minimum Gasteiger partial charge on any atom is -0.490 e. The third-order valence-corrected chi connectivity index (χ3v) is 5.92. The zero-order chi connectivity index (χ0) is 23.3. The third kappa shape index (κ3) is 5.19.